The van der Waals surface area contributed by atoms with E-state index in [9.17, 15) is 4.79 Å². The summed E-state index contributed by atoms with van der Waals surface area (Å²) in [7, 11) is 2.15. The van der Waals surface area contributed by atoms with Crippen molar-refractivity contribution < 1.29 is 9.21 Å². The SMILES string of the molecule is CC(NC1CCN(C)C(C)C1)C(=O)NCc1ccco1. The molecule has 1 saturated heterocycles. The average Bonchev–Trinajstić information content (AvgIpc) is 2.93. The monoisotopic (exact) mass is 279 g/mol. The average molecular weight is 279 g/mol. The van der Waals surface area contributed by atoms with Crippen molar-refractivity contribution in [1.29, 1.82) is 0 Å². The molecule has 0 aromatic carbocycles. The molecule has 1 aromatic rings. The molecule has 3 unspecified atom stereocenters. The van der Waals surface area contributed by atoms with Gasteiger partial charge >= 0.3 is 0 Å². The largest absolute Gasteiger partial charge is 0.467 e. The Labute approximate surface area is 120 Å². The van der Waals surface area contributed by atoms with Gasteiger partial charge in [-0.05, 0) is 52.4 Å². The second-order valence-electron chi connectivity index (χ2n) is 5.74. The Balaban J connectivity index is 1.73. The van der Waals surface area contributed by atoms with E-state index in [1.807, 2.05) is 19.1 Å². The van der Waals surface area contributed by atoms with Crippen molar-refractivity contribution in [2.45, 2.75) is 51.4 Å². The smallest absolute Gasteiger partial charge is 0.237 e. The third kappa shape index (κ3) is 4.08. The van der Waals surface area contributed by atoms with Gasteiger partial charge in [-0.2, -0.15) is 0 Å². The summed E-state index contributed by atoms with van der Waals surface area (Å²) in [4.78, 5) is 14.4. The number of amides is 1. The van der Waals surface area contributed by atoms with Gasteiger partial charge < -0.3 is 20.0 Å². The summed E-state index contributed by atoms with van der Waals surface area (Å²) in [5, 5.41) is 6.32. The van der Waals surface area contributed by atoms with Gasteiger partial charge in [-0.25, -0.2) is 0 Å². The maximum atomic E-state index is 12.0. The Hall–Kier alpha value is -1.33. The summed E-state index contributed by atoms with van der Waals surface area (Å²) in [6.07, 6.45) is 3.80. The molecule has 0 aliphatic carbocycles. The number of nitrogens with zero attached hydrogens (tertiary/aromatic N) is 1. The van der Waals surface area contributed by atoms with Gasteiger partial charge in [-0.1, -0.05) is 0 Å². The highest BCUT2D eigenvalue weighted by Crippen LogP contribution is 2.15. The lowest BCUT2D eigenvalue weighted by molar-refractivity contribution is -0.123. The summed E-state index contributed by atoms with van der Waals surface area (Å²) >= 11 is 0. The summed E-state index contributed by atoms with van der Waals surface area (Å²) in [6, 6.07) is 4.50. The molecule has 1 aromatic heterocycles. The number of hydrogen-bond donors (Lipinski definition) is 2. The van der Waals surface area contributed by atoms with Crippen LogP contribution < -0.4 is 10.6 Å². The molecule has 0 spiro atoms. The van der Waals surface area contributed by atoms with E-state index in [1.54, 1.807) is 6.26 Å². The molecule has 2 rings (SSSR count). The number of piperidine rings is 1. The van der Waals surface area contributed by atoms with Crippen molar-refractivity contribution in [2.24, 2.45) is 0 Å². The van der Waals surface area contributed by atoms with Gasteiger partial charge in [0.2, 0.25) is 5.91 Å². The Bertz CT molecular complexity index is 419. The van der Waals surface area contributed by atoms with Crippen molar-refractivity contribution in [3.8, 4) is 0 Å². The van der Waals surface area contributed by atoms with Crippen LogP contribution in [-0.4, -0.2) is 42.5 Å². The fourth-order valence-electron chi connectivity index (χ4n) is 2.61. The van der Waals surface area contributed by atoms with E-state index in [4.69, 9.17) is 4.42 Å². The number of furan rings is 1. The molecule has 0 radical (unpaired) electrons. The number of likely N-dealkylation sites (tertiary alicyclic amines) is 1. The molecule has 0 bridgehead atoms. The van der Waals surface area contributed by atoms with Crippen LogP contribution in [0.15, 0.2) is 22.8 Å². The molecule has 5 nitrogen and oxygen atoms in total. The zero-order chi connectivity index (χ0) is 14.5. The third-order valence-electron chi connectivity index (χ3n) is 4.10. The standard InChI is InChI=1S/C15H25N3O2/c1-11-9-13(6-7-18(11)3)17-12(2)15(19)16-10-14-5-4-8-20-14/h4-5,8,11-13,17H,6-7,9-10H2,1-3H3,(H,16,19). The highest BCUT2D eigenvalue weighted by molar-refractivity contribution is 5.81. The number of rotatable bonds is 5. The number of hydrogen-bond acceptors (Lipinski definition) is 4. The topological polar surface area (TPSA) is 57.5 Å². The maximum Gasteiger partial charge on any atom is 0.237 e. The van der Waals surface area contributed by atoms with Crippen LogP contribution in [0.25, 0.3) is 0 Å². The first-order valence-corrected chi connectivity index (χ1v) is 7.32. The molecule has 1 aliphatic rings. The maximum absolute atomic E-state index is 12.0. The van der Waals surface area contributed by atoms with Crippen molar-refractivity contribution >= 4 is 5.91 Å². The Kier molecular flexibility index (Phi) is 5.20. The van der Waals surface area contributed by atoms with Crippen LogP contribution in [0.3, 0.4) is 0 Å². The summed E-state index contributed by atoms with van der Waals surface area (Å²) in [6.45, 7) is 5.68. The zero-order valence-electron chi connectivity index (χ0n) is 12.6. The molecule has 1 aliphatic heterocycles. The molecule has 5 heteroatoms. The minimum atomic E-state index is -0.175. The Morgan fingerprint density at radius 2 is 2.40 bits per heavy atom. The van der Waals surface area contributed by atoms with Gasteiger partial charge in [0.25, 0.3) is 0 Å². The van der Waals surface area contributed by atoms with Crippen molar-refractivity contribution in [3.63, 3.8) is 0 Å². The van der Waals surface area contributed by atoms with Crippen LogP contribution >= 0.6 is 0 Å². The molecule has 20 heavy (non-hydrogen) atoms. The van der Waals surface area contributed by atoms with E-state index in [0.717, 1.165) is 25.1 Å². The van der Waals surface area contributed by atoms with E-state index >= 15 is 0 Å². The third-order valence-corrected chi connectivity index (χ3v) is 4.10. The second-order valence-corrected chi connectivity index (χ2v) is 5.74. The van der Waals surface area contributed by atoms with E-state index in [1.165, 1.54) is 0 Å². The van der Waals surface area contributed by atoms with Gasteiger partial charge in [-0.15, -0.1) is 0 Å². The first-order valence-electron chi connectivity index (χ1n) is 7.32. The minimum Gasteiger partial charge on any atom is -0.467 e. The lowest BCUT2D eigenvalue weighted by Gasteiger charge is -2.36. The van der Waals surface area contributed by atoms with Gasteiger partial charge in [0.05, 0.1) is 18.8 Å². The van der Waals surface area contributed by atoms with Crippen LogP contribution in [0, 0.1) is 0 Å². The van der Waals surface area contributed by atoms with E-state index < -0.39 is 0 Å². The Morgan fingerprint density at radius 1 is 1.60 bits per heavy atom. The van der Waals surface area contributed by atoms with E-state index in [2.05, 4.69) is 29.5 Å². The fourth-order valence-corrected chi connectivity index (χ4v) is 2.61. The van der Waals surface area contributed by atoms with Crippen LogP contribution in [0.4, 0.5) is 0 Å². The molecule has 2 heterocycles. The molecule has 1 amide bonds. The molecule has 0 saturated carbocycles. The predicted molar refractivity (Wildman–Crippen MR) is 78.3 cm³/mol. The first-order chi connectivity index (χ1) is 9.56. The summed E-state index contributed by atoms with van der Waals surface area (Å²) in [5.41, 5.74) is 0. The molecule has 3 atom stereocenters. The van der Waals surface area contributed by atoms with Crippen molar-refractivity contribution in [3.05, 3.63) is 24.2 Å². The Morgan fingerprint density at radius 3 is 3.05 bits per heavy atom. The highest BCUT2D eigenvalue weighted by Gasteiger charge is 2.25. The van der Waals surface area contributed by atoms with Gasteiger partial charge in [0.1, 0.15) is 5.76 Å². The van der Waals surface area contributed by atoms with Gasteiger partial charge in [-0.3, -0.25) is 4.79 Å². The van der Waals surface area contributed by atoms with Crippen LogP contribution in [-0.2, 0) is 11.3 Å². The van der Waals surface area contributed by atoms with E-state index in [0.29, 0.717) is 18.6 Å². The predicted octanol–water partition coefficient (Wildman–Crippen LogP) is 1.36. The van der Waals surface area contributed by atoms with Gasteiger partial charge in [0, 0.05) is 12.1 Å². The van der Waals surface area contributed by atoms with Crippen molar-refractivity contribution in [2.75, 3.05) is 13.6 Å². The van der Waals surface area contributed by atoms with E-state index in [-0.39, 0.29) is 11.9 Å². The zero-order valence-corrected chi connectivity index (χ0v) is 12.6. The quantitative estimate of drug-likeness (QED) is 0.854. The lowest BCUT2D eigenvalue weighted by atomic mass is 9.98. The molecule has 112 valence electrons. The number of carbonyl (C=O) groups is 1. The molecular formula is C15H25N3O2. The number of nitrogens with one attached hydrogen (secondary N) is 2. The second kappa shape index (κ2) is 6.90. The normalized spacial score (nSPS) is 25.4. The van der Waals surface area contributed by atoms with Crippen molar-refractivity contribution in [1.82, 2.24) is 15.5 Å². The summed E-state index contributed by atoms with van der Waals surface area (Å²) < 4.78 is 5.20. The lowest BCUT2D eigenvalue weighted by Crippen LogP contribution is -2.51. The van der Waals surface area contributed by atoms with Crippen LogP contribution in [0.1, 0.15) is 32.4 Å². The summed E-state index contributed by atoms with van der Waals surface area (Å²) in [5.74, 6) is 0.798. The van der Waals surface area contributed by atoms with Crippen LogP contribution in [0.2, 0.25) is 0 Å². The first kappa shape index (κ1) is 15.1. The fraction of sp³-hybridized carbons (Fsp3) is 0.667. The molecule has 1 fully saturated rings. The molecular weight excluding hydrogens is 254 g/mol. The highest BCUT2D eigenvalue weighted by atomic mass is 16.3. The number of carbonyl (C=O) groups excluding carboxylic acids is 1. The molecule has 2 N–H and O–H groups in total. The van der Waals surface area contributed by atoms with Gasteiger partial charge in [0.15, 0.2) is 0 Å². The van der Waals surface area contributed by atoms with Crippen LogP contribution in [0.5, 0.6) is 0 Å². The minimum absolute atomic E-state index is 0.0213.